The van der Waals surface area contributed by atoms with Gasteiger partial charge in [0.1, 0.15) is 0 Å². The molecule has 0 saturated carbocycles. The number of benzene rings is 1. The van der Waals surface area contributed by atoms with Crippen molar-refractivity contribution in [3.8, 4) is 0 Å². The van der Waals surface area contributed by atoms with Crippen molar-refractivity contribution in [1.29, 1.82) is 0 Å². The lowest BCUT2D eigenvalue weighted by Gasteiger charge is -2.30. The van der Waals surface area contributed by atoms with E-state index in [2.05, 4.69) is 0 Å². The van der Waals surface area contributed by atoms with E-state index in [-0.39, 0.29) is 0 Å². The number of carbonyl (C=O) groups excluding carboxylic acids is 1. The van der Waals surface area contributed by atoms with Gasteiger partial charge in [0.15, 0.2) is 11.5 Å². The quantitative estimate of drug-likeness (QED) is 0.473. The van der Waals surface area contributed by atoms with Crippen molar-refractivity contribution in [2.24, 2.45) is 0 Å². The molecule has 6 heteroatoms. The number of esters is 1. The number of carboxylic acid groups (broad SMARTS) is 1. The zero-order chi connectivity index (χ0) is 15.1. The van der Waals surface area contributed by atoms with Crippen molar-refractivity contribution in [2.45, 2.75) is 25.3 Å². The molecule has 1 rings (SSSR count). The largest absolute Gasteiger partial charge is 0.480 e. The van der Waals surface area contributed by atoms with Crippen LogP contribution in [0.3, 0.4) is 0 Å². The van der Waals surface area contributed by atoms with Gasteiger partial charge in [0.2, 0.25) is 0 Å². The van der Waals surface area contributed by atoms with Crippen LogP contribution in [-0.2, 0) is 14.3 Å². The predicted octanol–water partition coefficient (Wildman–Crippen LogP) is 2.22. The first kappa shape index (κ1) is 16.4. The molecule has 0 aliphatic rings. The van der Waals surface area contributed by atoms with Crippen molar-refractivity contribution in [3.05, 3.63) is 30.3 Å². The van der Waals surface area contributed by atoms with E-state index >= 15 is 0 Å². The number of thioether (sulfide) groups is 1. The van der Waals surface area contributed by atoms with Crippen LogP contribution in [0, 0.1) is 0 Å². The molecule has 0 heterocycles. The summed E-state index contributed by atoms with van der Waals surface area (Å²) in [7, 11) is 0. The molecular weight excluding hydrogens is 278 g/mol. The van der Waals surface area contributed by atoms with Crippen LogP contribution < -0.4 is 4.90 Å². The Hall–Kier alpha value is -1.69. The van der Waals surface area contributed by atoms with E-state index in [1.165, 1.54) is 0 Å². The lowest BCUT2D eigenvalue weighted by molar-refractivity contribution is -0.153. The highest BCUT2D eigenvalue weighted by Crippen LogP contribution is 2.18. The van der Waals surface area contributed by atoms with Gasteiger partial charge < -0.3 is 14.7 Å². The molecule has 1 aromatic rings. The summed E-state index contributed by atoms with van der Waals surface area (Å²) in [6.07, 6.45) is 1.04. The monoisotopic (exact) mass is 297 g/mol. The van der Waals surface area contributed by atoms with Crippen molar-refractivity contribution in [3.63, 3.8) is 0 Å². The molecule has 2 unspecified atom stereocenters. The van der Waals surface area contributed by atoms with Crippen molar-refractivity contribution in [2.75, 3.05) is 17.7 Å². The normalized spacial score (nSPS) is 13.3. The van der Waals surface area contributed by atoms with Gasteiger partial charge in [-0.3, -0.25) is 9.59 Å². The molecule has 0 fully saturated rings. The summed E-state index contributed by atoms with van der Waals surface area (Å²) in [6, 6.07) is 9.53. The molecule has 0 spiro atoms. The first-order valence-corrected chi connectivity index (χ1v) is 7.57. The Bertz CT molecular complexity index is 452. The number of carbonyl (C=O) groups is 2. The smallest absolute Gasteiger partial charge is 0.332 e. The Morgan fingerprint density at radius 2 is 1.95 bits per heavy atom. The average molecular weight is 297 g/mol. The Labute approximate surface area is 122 Å². The predicted molar refractivity (Wildman–Crippen MR) is 80.0 cm³/mol. The van der Waals surface area contributed by atoms with E-state index in [0.29, 0.717) is 6.54 Å². The molecule has 0 aromatic heterocycles. The van der Waals surface area contributed by atoms with Gasteiger partial charge in [-0.25, -0.2) is 0 Å². The molecule has 1 aromatic carbocycles. The van der Waals surface area contributed by atoms with E-state index in [1.54, 1.807) is 13.2 Å². The van der Waals surface area contributed by atoms with Gasteiger partial charge in [-0.05, 0) is 32.2 Å². The lowest BCUT2D eigenvalue weighted by Crippen LogP contribution is -2.40. The third kappa shape index (κ3) is 4.16. The maximum atomic E-state index is 11.8. The molecule has 0 saturated heterocycles. The van der Waals surface area contributed by atoms with Gasteiger partial charge in [0.25, 0.3) is 0 Å². The number of nitrogens with zero attached hydrogens (tertiary/aromatic N) is 1. The number of ether oxygens (including phenoxy) is 1. The maximum absolute atomic E-state index is 11.8. The van der Waals surface area contributed by atoms with Crippen molar-refractivity contribution >= 4 is 29.4 Å². The molecule has 20 heavy (non-hydrogen) atoms. The fourth-order valence-corrected chi connectivity index (χ4v) is 2.31. The summed E-state index contributed by atoms with van der Waals surface area (Å²) >= 11 is 0.951. The van der Waals surface area contributed by atoms with E-state index in [0.717, 1.165) is 17.4 Å². The standard InChI is InChI=1S/C14H19NO4S/c1-4-15(11-8-6-5-7-9-11)10(2)19-14(18)12(20-3)13(16)17/h5-10,12H,4H2,1-3H3,(H,16,17). The molecule has 0 bridgehead atoms. The highest BCUT2D eigenvalue weighted by molar-refractivity contribution is 8.00. The first-order chi connectivity index (χ1) is 9.51. The molecule has 0 aliphatic heterocycles. The van der Waals surface area contributed by atoms with Crippen LogP contribution in [0.1, 0.15) is 13.8 Å². The number of hydrogen-bond donors (Lipinski definition) is 1. The number of anilines is 1. The Balaban J connectivity index is 2.76. The summed E-state index contributed by atoms with van der Waals surface area (Å²) in [5.74, 6) is -1.91. The van der Waals surface area contributed by atoms with Gasteiger partial charge in [-0.1, -0.05) is 18.2 Å². The second-order valence-electron chi connectivity index (χ2n) is 4.11. The summed E-state index contributed by atoms with van der Waals surface area (Å²) < 4.78 is 5.26. The number of para-hydroxylation sites is 1. The van der Waals surface area contributed by atoms with E-state index in [9.17, 15) is 9.59 Å². The summed E-state index contributed by atoms with van der Waals surface area (Å²) in [5, 5.41) is 7.75. The number of hydrogen-bond acceptors (Lipinski definition) is 5. The third-order valence-corrected chi connectivity index (χ3v) is 3.69. The van der Waals surface area contributed by atoms with E-state index in [1.807, 2.05) is 42.2 Å². The third-order valence-electron chi connectivity index (χ3n) is 2.83. The SMILES string of the molecule is CCN(c1ccccc1)C(C)OC(=O)C(SC)C(=O)O. The van der Waals surface area contributed by atoms with Gasteiger partial charge in [-0.2, -0.15) is 0 Å². The van der Waals surface area contributed by atoms with Crippen LogP contribution in [0.2, 0.25) is 0 Å². The average Bonchev–Trinajstić information content (AvgIpc) is 2.41. The van der Waals surface area contributed by atoms with Crippen molar-refractivity contribution < 1.29 is 19.4 Å². The Kier molecular flexibility index (Phi) is 6.38. The first-order valence-electron chi connectivity index (χ1n) is 6.29. The molecular formula is C14H19NO4S. The molecule has 1 N–H and O–H groups in total. The van der Waals surface area contributed by atoms with Gasteiger partial charge in [0, 0.05) is 12.2 Å². The highest BCUT2D eigenvalue weighted by Gasteiger charge is 2.29. The van der Waals surface area contributed by atoms with Gasteiger partial charge >= 0.3 is 11.9 Å². The molecule has 2 atom stereocenters. The molecule has 0 aliphatic carbocycles. The second kappa shape index (κ2) is 7.79. The van der Waals surface area contributed by atoms with E-state index < -0.39 is 23.4 Å². The van der Waals surface area contributed by atoms with Crippen LogP contribution in [0.4, 0.5) is 5.69 Å². The Morgan fingerprint density at radius 1 is 1.35 bits per heavy atom. The highest BCUT2D eigenvalue weighted by atomic mass is 32.2. The molecule has 0 amide bonds. The molecule has 0 radical (unpaired) electrons. The van der Waals surface area contributed by atoms with Crippen LogP contribution >= 0.6 is 11.8 Å². The van der Waals surface area contributed by atoms with Crippen LogP contribution in [-0.4, -0.2) is 41.3 Å². The zero-order valence-electron chi connectivity index (χ0n) is 11.8. The summed E-state index contributed by atoms with van der Waals surface area (Å²) in [5.41, 5.74) is 0.923. The topological polar surface area (TPSA) is 66.8 Å². The number of rotatable bonds is 7. The maximum Gasteiger partial charge on any atom is 0.332 e. The fourth-order valence-electron chi connectivity index (χ4n) is 1.86. The van der Waals surface area contributed by atoms with Gasteiger partial charge in [0.05, 0.1) is 0 Å². The van der Waals surface area contributed by atoms with E-state index in [4.69, 9.17) is 9.84 Å². The fraction of sp³-hybridized carbons (Fsp3) is 0.429. The zero-order valence-corrected chi connectivity index (χ0v) is 12.6. The minimum absolute atomic E-state index is 0.524. The number of aliphatic carboxylic acids is 1. The van der Waals surface area contributed by atoms with Crippen LogP contribution in [0.15, 0.2) is 30.3 Å². The minimum Gasteiger partial charge on any atom is -0.480 e. The van der Waals surface area contributed by atoms with Crippen LogP contribution in [0.25, 0.3) is 0 Å². The summed E-state index contributed by atoms with van der Waals surface area (Å²) in [6.45, 7) is 4.32. The molecule has 5 nitrogen and oxygen atoms in total. The Morgan fingerprint density at radius 3 is 2.40 bits per heavy atom. The van der Waals surface area contributed by atoms with Crippen LogP contribution in [0.5, 0.6) is 0 Å². The van der Waals surface area contributed by atoms with Crippen molar-refractivity contribution in [1.82, 2.24) is 0 Å². The minimum atomic E-state index is -1.19. The second-order valence-corrected chi connectivity index (χ2v) is 5.05. The lowest BCUT2D eigenvalue weighted by atomic mass is 10.3. The summed E-state index contributed by atoms with van der Waals surface area (Å²) in [4.78, 5) is 24.6. The van der Waals surface area contributed by atoms with Gasteiger partial charge in [-0.15, -0.1) is 11.8 Å². The molecule has 110 valence electrons. The number of carboxylic acids is 1.